The molecule has 0 aliphatic carbocycles. The third-order valence-corrected chi connectivity index (χ3v) is 15.4. The fraction of sp³-hybridized carbons (Fsp3) is 0.915. The Labute approximate surface area is 392 Å². The first-order chi connectivity index (χ1) is 30.8. The van der Waals surface area contributed by atoms with Crippen LogP contribution in [0.25, 0.3) is 0 Å². The molecule has 4 fully saturated rings. The van der Waals surface area contributed by atoms with Crippen LogP contribution < -0.4 is 0 Å². The predicted octanol–water partition coefficient (Wildman–Crippen LogP) is 1.24. The van der Waals surface area contributed by atoms with Gasteiger partial charge in [-0.3, -0.25) is 9.59 Å². The molecule has 0 bridgehead atoms. The number of likely N-dealkylation sites (N-methyl/N-ethyl adjacent to an activating group) is 2. The number of aromatic nitrogens is 3. The Bertz CT molecular complexity index is 1710. The molecule has 1 unspecified atom stereocenters. The zero-order chi connectivity index (χ0) is 49.1. The van der Waals surface area contributed by atoms with E-state index in [1.807, 2.05) is 51.6 Å². The van der Waals surface area contributed by atoms with Crippen molar-refractivity contribution in [3.8, 4) is 0 Å². The van der Waals surface area contributed by atoms with Gasteiger partial charge in [0.1, 0.15) is 36.6 Å². The fourth-order valence-electron chi connectivity index (χ4n) is 11.2. The summed E-state index contributed by atoms with van der Waals surface area (Å²) >= 11 is 0. The van der Waals surface area contributed by atoms with Crippen LogP contribution in [0.1, 0.15) is 101 Å². The second-order valence-corrected chi connectivity index (χ2v) is 20.9. The van der Waals surface area contributed by atoms with Gasteiger partial charge in [-0.1, -0.05) is 32.9 Å². The van der Waals surface area contributed by atoms with E-state index < -0.39 is 102 Å². The molecule has 4 aliphatic rings. The summed E-state index contributed by atoms with van der Waals surface area (Å²) in [4.78, 5) is 33.1. The fourth-order valence-corrected chi connectivity index (χ4v) is 11.2. The zero-order valence-corrected chi connectivity index (χ0v) is 41.9. The van der Waals surface area contributed by atoms with Gasteiger partial charge in [-0.25, -0.2) is 4.68 Å². The van der Waals surface area contributed by atoms with Gasteiger partial charge < -0.3 is 68.7 Å². The standard InChI is InChI=1S/C47H84N6O13/c1-14-36-47(10,60)40(56)31(6)51(12)24-27(2)22-45(8,59)42(29(4)38(30(5)43(58)65-36)35-23-46(9,61-13)41(57)32(7)64-35)66-44-39(55)34(21-28(3)63-44)50(11)16-15-33-25-53(49-48-33)26-37(54)52-17-19-62-20-18-52/h25,27-32,34-36,38-42,44,55-57,59-60H,14-24,26H2,1-13H3/t27-,28-,29+,30-,31-,32+,34+,35?,36-,38+,39-,40-,41+,42-,44+,45-,46-,47-/m1/s1. The summed E-state index contributed by atoms with van der Waals surface area (Å²) in [5.41, 5.74) is -3.76. The van der Waals surface area contributed by atoms with E-state index >= 15 is 0 Å². The highest BCUT2D eigenvalue weighted by molar-refractivity contribution is 5.76. The highest BCUT2D eigenvalue weighted by Crippen LogP contribution is 2.45. The number of methoxy groups -OCH3 is 1. The lowest BCUT2D eigenvalue weighted by Crippen LogP contribution is -2.62. The minimum atomic E-state index is -1.81. The number of amides is 1. The number of aliphatic hydroxyl groups excluding tert-OH is 3. The largest absolute Gasteiger partial charge is 0.459 e. The molecule has 66 heavy (non-hydrogen) atoms. The number of morpholine rings is 1. The van der Waals surface area contributed by atoms with Gasteiger partial charge in [0.2, 0.25) is 5.91 Å². The Morgan fingerprint density at radius 1 is 1.00 bits per heavy atom. The molecule has 4 aliphatic heterocycles. The molecule has 1 amide bonds. The first-order valence-electron chi connectivity index (χ1n) is 24.2. The highest BCUT2D eigenvalue weighted by Gasteiger charge is 2.55. The molecule has 1 aromatic heterocycles. The first kappa shape index (κ1) is 54.5. The topological polar surface area (TPSA) is 231 Å². The maximum Gasteiger partial charge on any atom is 0.309 e. The van der Waals surface area contributed by atoms with E-state index in [0.717, 1.165) is 0 Å². The first-order valence-corrected chi connectivity index (χ1v) is 24.2. The smallest absolute Gasteiger partial charge is 0.309 e. The average Bonchev–Trinajstić information content (AvgIpc) is 3.72. The minimum absolute atomic E-state index is 0.0437. The van der Waals surface area contributed by atoms with Crippen LogP contribution in [0.5, 0.6) is 0 Å². The number of hydrogen-bond acceptors (Lipinski definition) is 17. The lowest BCUT2D eigenvalue weighted by molar-refractivity contribution is -0.302. The van der Waals surface area contributed by atoms with Gasteiger partial charge in [0.25, 0.3) is 0 Å². The van der Waals surface area contributed by atoms with Gasteiger partial charge in [-0.05, 0) is 86.7 Å². The van der Waals surface area contributed by atoms with Crippen LogP contribution in [-0.2, 0) is 51.0 Å². The van der Waals surface area contributed by atoms with Crippen molar-refractivity contribution in [3.63, 3.8) is 0 Å². The maximum absolute atomic E-state index is 14.6. The van der Waals surface area contributed by atoms with Crippen molar-refractivity contribution in [3.05, 3.63) is 11.9 Å². The summed E-state index contributed by atoms with van der Waals surface area (Å²) in [5.74, 6) is -3.20. The summed E-state index contributed by atoms with van der Waals surface area (Å²) in [6, 6.07) is -0.982. The number of ether oxygens (including phenoxy) is 6. The van der Waals surface area contributed by atoms with Crippen molar-refractivity contribution in [2.75, 3.05) is 60.6 Å². The number of carbonyl (C=O) groups excluding carboxylic acids is 2. The molecule has 0 saturated carbocycles. The van der Waals surface area contributed by atoms with Crippen LogP contribution in [-0.4, -0.2) is 212 Å². The Kier molecular flexibility index (Phi) is 18.6. The lowest BCUT2D eigenvalue weighted by atomic mass is 9.68. The number of aliphatic hydroxyl groups is 5. The van der Waals surface area contributed by atoms with Crippen molar-refractivity contribution in [1.29, 1.82) is 0 Å². The van der Waals surface area contributed by atoms with Gasteiger partial charge in [-0.15, -0.1) is 5.10 Å². The van der Waals surface area contributed by atoms with Crippen molar-refractivity contribution in [2.24, 2.45) is 23.7 Å². The van der Waals surface area contributed by atoms with Crippen LogP contribution in [0, 0.1) is 23.7 Å². The van der Waals surface area contributed by atoms with Crippen molar-refractivity contribution in [2.45, 2.75) is 192 Å². The second-order valence-electron chi connectivity index (χ2n) is 20.9. The molecule has 19 heteroatoms. The number of rotatable bonds is 11. The lowest BCUT2D eigenvalue weighted by Gasteiger charge is -2.51. The van der Waals surface area contributed by atoms with Crippen LogP contribution in [0.2, 0.25) is 0 Å². The van der Waals surface area contributed by atoms with E-state index in [9.17, 15) is 35.1 Å². The number of nitrogens with zero attached hydrogens (tertiary/aromatic N) is 6. The van der Waals surface area contributed by atoms with Crippen molar-refractivity contribution >= 4 is 11.9 Å². The van der Waals surface area contributed by atoms with Crippen LogP contribution in [0.3, 0.4) is 0 Å². The Morgan fingerprint density at radius 3 is 2.30 bits per heavy atom. The van der Waals surface area contributed by atoms with Crippen LogP contribution >= 0.6 is 0 Å². The predicted molar refractivity (Wildman–Crippen MR) is 243 cm³/mol. The van der Waals surface area contributed by atoms with Crippen LogP contribution in [0.4, 0.5) is 0 Å². The van der Waals surface area contributed by atoms with E-state index in [2.05, 4.69) is 10.3 Å². The number of esters is 1. The SMILES string of the molecule is CC[C@H]1OC(=O)[C@H](C)[C@@H](C2C[C@@](C)(OC)[C@@H](O)[C@H](C)O2)[C@H](C)[C@@H](O[C@@H]2O[C@H](C)C[C@H](N(C)CCc3cn(CC(=O)N4CCOCC4)nn3)[C@H]2O)[C@](C)(O)C[C@@H](C)CN(C)[C@H](C)[C@@H](O)[C@]1(C)O. The third-order valence-electron chi connectivity index (χ3n) is 15.4. The molecule has 0 aromatic carbocycles. The second kappa shape index (κ2) is 22.6. The maximum atomic E-state index is 14.6. The van der Waals surface area contributed by atoms with Crippen molar-refractivity contribution in [1.82, 2.24) is 29.7 Å². The molecule has 0 radical (unpaired) electrons. The number of cyclic esters (lactones) is 1. The van der Waals surface area contributed by atoms with Gasteiger partial charge in [-0.2, -0.15) is 0 Å². The molecular weight excluding hydrogens is 857 g/mol. The van der Waals surface area contributed by atoms with Gasteiger partial charge in [0.05, 0.1) is 60.4 Å². The summed E-state index contributed by atoms with van der Waals surface area (Å²) in [7, 11) is 5.29. The summed E-state index contributed by atoms with van der Waals surface area (Å²) < 4.78 is 39.0. The van der Waals surface area contributed by atoms with Crippen molar-refractivity contribution < 1.29 is 63.5 Å². The average molecular weight is 941 g/mol. The monoisotopic (exact) mass is 941 g/mol. The number of hydrogen-bond donors (Lipinski definition) is 5. The minimum Gasteiger partial charge on any atom is -0.459 e. The zero-order valence-electron chi connectivity index (χ0n) is 41.9. The molecule has 5 rings (SSSR count). The van der Waals surface area contributed by atoms with E-state index in [-0.39, 0.29) is 43.7 Å². The molecular formula is C47H84N6O13. The Hall–Kier alpha value is -2.40. The van der Waals surface area contributed by atoms with E-state index in [0.29, 0.717) is 57.9 Å². The molecule has 380 valence electrons. The molecule has 18 atom stereocenters. The van der Waals surface area contributed by atoms with Gasteiger partial charge in [0, 0.05) is 70.3 Å². The van der Waals surface area contributed by atoms with Crippen LogP contribution in [0.15, 0.2) is 6.20 Å². The van der Waals surface area contributed by atoms with E-state index in [1.54, 1.807) is 50.4 Å². The normalized spacial score (nSPS) is 43.0. The summed E-state index contributed by atoms with van der Waals surface area (Å²) in [6.45, 7) is 21.0. The molecule has 19 nitrogen and oxygen atoms in total. The number of carbonyl (C=O) groups is 2. The van der Waals surface area contributed by atoms with Gasteiger partial charge >= 0.3 is 5.97 Å². The highest BCUT2D eigenvalue weighted by atomic mass is 16.7. The third kappa shape index (κ3) is 12.5. The summed E-state index contributed by atoms with van der Waals surface area (Å²) in [6.07, 6.45) is -5.14. The molecule has 0 spiro atoms. The summed E-state index contributed by atoms with van der Waals surface area (Å²) in [5, 5.41) is 68.4. The van der Waals surface area contributed by atoms with Gasteiger partial charge in [0.15, 0.2) is 6.29 Å². The molecule has 5 N–H and O–H groups in total. The quantitative estimate of drug-likeness (QED) is 0.197. The Morgan fingerprint density at radius 2 is 1.67 bits per heavy atom. The molecule has 4 saturated heterocycles. The molecule has 1 aromatic rings. The van der Waals surface area contributed by atoms with E-state index in [1.165, 1.54) is 14.0 Å². The molecule has 5 heterocycles. The van der Waals surface area contributed by atoms with E-state index in [4.69, 9.17) is 28.4 Å². The Balaban J connectivity index is 1.46.